The first-order valence-corrected chi connectivity index (χ1v) is 10.7. The molecule has 0 radical (unpaired) electrons. The first kappa shape index (κ1) is 25.0. The maximum atomic E-state index is 13.0. The van der Waals surface area contributed by atoms with Crippen LogP contribution in [0.4, 0.5) is 0 Å². The lowest BCUT2D eigenvalue weighted by molar-refractivity contribution is -0.143. The maximum Gasteiger partial charge on any atom is 0.475 e. The third-order valence-corrected chi connectivity index (χ3v) is 5.87. The normalized spacial score (nSPS) is 15.8. The number of amides is 2. The molecule has 2 rings (SSSR count). The molecule has 31 heavy (non-hydrogen) atoms. The number of benzene rings is 1. The second kappa shape index (κ2) is 11.9. The highest BCUT2D eigenvalue weighted by Gasteiger charge is 2.48. The third-order valence-electron chi connectivity index (χ3n) is 5.87. The summed E-state index contributed by atoms with van der Waals surface area (Å²) in [4.78, 5) is 26.0. The van der Waals surface area contributed by atoms with E-state index in [0.717, 1.165) is 18.4 Å². The SMILES string of the molecule is COc1ccc(CCNC(=O)C2(C(=O)NC(CCCN)B(O)O)CCCC2)cc1OC. The van der Waals surface area contributed by atoms with E-state index in [4.69, 9.17) is 15.2 Å². The molecule has 172 valence electrons. The fraction of sp³-hybridized carbons (Fsp3) is 0.619. The molecule has 0 aliphatic heterocycles. The Morgan fingerprint density at radius 1 is 1.16 bits per heavy atom. The van der Waals surface area contributed by atoms with Crippen LogP contribution in [0, 0.1) is 5.41 Å². The minimum absolute atomic E-state index is 0.326. The van der Waals surface area contributed by atoms with E-state index < -0.39 is 24.4 Å². The molecule has 0 saturated heterocycles. The van der Waals surface area contributed by atoms with Crippen molar-refractivity contribution in [3.8, 4) is 11.5 Å². The van der Waals surface area contributed by atoms with Crippen LogP contribution in [0.2, 0.25) is 0 Å². The molecular formula is C21H34BN3O6. The van der Waals surface area contributed by atoms with Crippen LogP contribution in [-0.4, -0.2) is 62.2 Å². The van der Waals surface area contributed by atoms with E-state index in [1.165, 1.54) is 0 Å². The van der Waals surface area contributed by atoms with Crippen molar-refractivity contribution in [2.45, 2.75) is 50.9 Å². The molecule has 1 unspecified atom stereocenters. The molecular weight excluding hydrogens is 401 g/mol. The standard InChI is InChI=1S/C21H34BN3O6/c1-30-16-8-7-15(14-17(16)31-2)9-13-24-19(26)21(10-3-4-11-21)20(27)25-18(22(28)29)6-5-12-23/h7-8,14,18,28-29H,3-6,9-13,23H2,1-2H3,(H,24,26)(H,25,27). The Hall–Kier alpha value is -2.30. The molecule has 0 spiro atoms. The van der Waals surface area contributed by atoms with Crippen molar-refractivity contribution in [2.75, 3.05) is 27.3 Å². The zero-order valence-electron chi connectivity index (χ0n) is 18.4. The largest absolute Gasteiger partial charge is 0.493 e. The van der Waals surface area contributed by atoms with Gasteiger partial charge >= 0.3 is 7.12 Å². The van der Waals surface area contributed by atoms with Gasteiger partial charge in [0.15, 0.2) is 11.5 Å². The molecule has 1 aromatic carbocycles. The molecule has 1 atom stereocenters. The number of methoxy groups -OCH3 is 2. The van der Waals surface area contributed by atoms with Crippen LogP contribution in [0.1, 0.15) is 44.1 Å². The highest BCUT2D eigenvalue weighted by Crippen LogP contribution is 2.39. The first-order valence-electron chi connectivity index (χ1n) is 10.7. The van der Waals surface area contributed by atoms with E-state index >= 15 is 0 Å². The number of ether oxygens (including phenoxy) is 2. The number of rotatable bonds is 12. The van der Waals surface area contributed by atoms with E-state index in [2.05, 4.69) is 10.6 Å². The zero-order chi connectivity index (χ0) is 22.9. The Kier molecular flexibility index (Phi) is 9.61. The highest BCUT2D eigenvalue weighted by atomic mass is 16.5. The van der Waals surface area contributed by atoms with Gasteiger partial charge in [0.25, 0.3) is 0 Å². The van der Waals surface area contributed by atoms with Gasteiger partial charge in [-0.2, -0.15) is 0 Å². The molecule has 10 heteroatoms. The van der Waals surface area contributed by atoms with E-state index in [0.29, 0.717) is 56.7 Å². The van der Waals surface area contributed by atoms with Crippen LogP contribution in [-0.2, 0) is 16.0 Å². The molecule has 1 aliphatic carbocycles. The van der Waals surface area contributed by atoms with Crippen LogP contribution >= 0.6 is 0 Å². The van der Waals surface area contributed by atoms with Gasteiger partial charge in [0.1, 0.15) is 5.41 Å². The Labute approximate surface area is 183 Å². The van der Waals surface area contributed by atoms with E-state index in [9.17, 15) is 19.6 Å². The summed E-state index contributed by atoms with van der Waals surface area (Å²) in [5.41, 5.74) is 5.27. The van der Waals surface area contributed by atoms with Crippen molar-refractivity contribution >= 4 is 18.9 Å². The molecule has 6 N–H and O–H groups in total. The summed E-state index contributed by atoms with van der Waals surface area (Å²) in [6, 6.07) is 5.56. The lowest BCUT2D eigenvalue weighted by Crippen LogP contribution is -2.56. The summed E-state index contributed by atoms with van der Waals surface area (Å²) in [6.45, 7) is 0.740. The fourth-order valence-electron chi connectivity index (χ4n) is 4.00. The topological polar surface area (TPSA) is 143 Å². The van der Waals surface area contributed by atoms with Gasteiger partial charge in [0, 0.05) is 6.54 Å². The highest BCUT2D eigenvalue weighted by molar-refractivity contribution is 6.43. The van der Waals surface area contributed by atoms with Gasteiger partial charge in [0.2, 0.25) is 11.8 Å². The van der Waals surface area contributed by atoms with Gasteiger partial charge in [-0.3, -0.25) is 9.59 Å². The summed E-state index contributed by atoms with van der Waals surface area (Å²) in [7, 11) is 1.43. The van der Waals surface area contributed by atoms with Crippen LogP contribution in [0.3, 0.4) is 0 Å². The Morgan fingerprint density at radius 2 is 1.84 bits per heavy atom. The maximum absolute atomic E-state index is 13.0. The summed E-state index contributed by atoms with van der Waals surface area (Å²) in [5, 5.41) is 24.7. The van der Waals surface area contributed by atoms with Gasteiger partial charge in [-0.15, -0.1) is 0 Å². The van der Waals surface area contributed by atoms with Crippen molar-refractivity contribution in [1.82, 2.24) is 10.6 Å². The predicted octanol–water partition coefficient (Wildman–Crippen LogP) is 0.159. The summed E-state index contributed by atoms with van der Waals surface area (Å²) < 4.78 is 10.5. The Morgan fingerprint density at radius 3 is 2.42 bits per heavy atom. The van der Waals surface area contributed by atoms with Gasteiger partial charge in [0.05, 0.1) is 20.2 Å². The average molecular weight is 435 g/mol. The van der Waals surface area contributed by atoms with E-state index in [1.807, 2.05) is 18.2 Å². The molecule has 1 saturated carbocycles. The van der Waals surface area contributed by atoms with Gasteiger partial charge in [-0.25, -0.2) is 0 Å². The molecule has 1 aliphatic rings. The predicted molar refractivity (Wildman–Crippen MR) is 118 cm³/mol. The number of hydrogen-bond acceptors (Lipinski definition) is 7. The quantitative estimate of drug-likeness (QED) is 0.232. The Balaban J connectivity index is 2.00. The van der Waals surface area contributed by atoms with Gasteiger partial charge < -0.3 is 35.9 Å². The molecule has 1 aromatic rings. The fourth-order valence-corrected chi connectivity index (χ4v) is 4.00. The van der Waals surface area contributed by atoms with Gasteiger partial charge in [-0.05, 0) is 56.3 Å². The minimum atomic E-state index is -1.71. The molecule has 1 fully saturated rings. The number of nitrogens with two attached hydrogens (primary N) is 1. The minimum Gasteiger partial charge on any atom is -0.493 e. The zero-order valence-corrected chi connectivity index (χ0v) is 18.4. The van der Waals surface area contributed by atoms with Crippen LogP contribution in [0.15, 0.2) is 18.2 Å². The number of nitrogens with one attached hydrogen (secondary N) is 2. The molecule has 9 nitrogen and oxygen atoms in total. The van der Waals surface area contributed by atoms with Crippen molar-refractivity contribution in [2.24, 2.45) is 11.1 Å². The van der Waals surface area contributed by atoms with Gasteiger partial charge in [-0.1, -0.05) is 18.9 Å². The summed E-state index contributed by atoms with van der Waals surface area (Å²) in [5.74, 6) is -0.388. The molecule has 0 aromatic heterocycles. The molecule has 2 amide bonds. The summed E-state index contributed by atoms with van der Waals surface area (Å²) >= 11 is 0. The number of carbonyl (C=O) groups is 2. The van der Waals surface area contributed by atoms with Crippen molar-refractivity contribution < 1.29 is 29.1 Å². The van der Waals surface area contributed by atoms with Crippen molar-refractivity contribution in [3.63, 3.8) is 0 Å². The van der Waals surface area contributed by atoms with E-state index in [-0.39, 0.29) is 5.91 Å². The third kappa shape index (κ3) is 6.35. The van der Waals surface area contributed by atoms with Crippen molar-refractivity contribution in [1.29, 1.82) is 0 Å². The van der Waals surface area contributed by atoms with Crippen LogP contribution in [0.5, 0.6) is 11.5 Å². The average Bonchev–Trinajstić information content (AvgIpc) is 3.27. The van der Waals surface area contributed by atoms with Crippen molar-refractivity contribution in [3.05, 3.63) is 23.8 Å². The van der Waals surface area contributed by atoms with E-state index in [1.54, 1.807) is 14.2 Å². The number of carbonyl (C=O) groups excluding carboxylic acids is 2. The van der Waals surface area contributed by atoms with Crippen LogP contribution in [0.25, 0.3) is 0 Å². The lowest BCUT2D eigenvalue weighted by atomic mass is 9.75. The molecule has 0 heterocycles. The second-order valence-electron chi connectivity index (χ2n) is 7.91. The molecule has 0 bridgehead atoms. The van der Waals surface area contributed by atoms with Crippen LogP contribution < -0.4 is 25.8 Å². The monoisotopic (exact) mass is 435 g/mol. The first-order chi connectivity index (χ1) is 14.9. The number of hydrogen-bond donors (Lipinski definition) is 5. The Bertz CT molecular complexity index is 740. The lowest BCUT2D eigenvalue weighted by Gasteiger charge is -2.29. The smallest absolute Gasteiger partial charge is 0.475 e. The second-order valence-corrected chi connectivity index (χ2v) is 7.91. The summed E-state index contributed by atoms with van der Waals surface area (Å²) in [6.07, 6.45) is 3.85.